The number of urea groups is 1. The number of halogens is 1. The number of carbonyl (C=O) groups is 2. The van der Waals surface area contributed by atoms with Gasteiger partial charge >= 0.3 is 12.0 Å². The molecule has 0 aliphatic carbocycles. The number of amides is 2. The predicted octanol–water partition coefficient (Wildman–Crippen LogP) is 3.53. The second kappa shape index (κ2) is 9.84. The van der Waals surface area contributed by atoms with Crippen molar-refractivity contribution in [2.45, 2.75) is 25.3 Å². The van der Waals surface area contributed by atoms with Gasteiger partial charge in [0.15, 0.2) is 0 Å². The Labute approximate surface area is 194 Å². The topological polar surface area (TPSA) is 148 Å². The second-order valence-corrected chi connectivity index (χ2v) is 8.93. The van der Waals surface area contributed by atoms with E-state index in [2.05, 4.69) is 15.3 Å². The van der Waals surface area contributed by atoms with E-state index in [0.29, 0.717) is 22.2 Å². The quantitative estimate of drug-likeness (QED) is 0.455. The molecule has 0 fully saturated rings. The van der Waals surface area contributed by atoms with Crippen LogP contribution in [0.5, 0.6) is 5.75 Å². The smallest absolute Gasteiger partial charge is 0.337 e. The fraction of sp³-hybridized carbons (Fsp3) is 0.143. The third kappa shape index (κ3) is 6.18. The van der Waals surface area contributed by atoms with Gasteiger partial charge < -0.3 is 9.84 Å². The van der Waals surface area contributed by atoms with E-state index < -0.39 is 32.5 Å². The number of rotatable bonds is 7. The summed E-state index contributed by atoms with van der Waals surface area (Å²) < 4.78 is 33.4. The van der Waals surface area contributed by atoms with Crippen LogP contribution in [-0.2, 0) is 16.6 Å². The van der Waals surface area contributed by atoms with Crippen molar-refractivity contribution in [1.82, 2.24) is 14.7 Å². The van der Waals surface area contributed by atoms with E-state index in [1.165, 1.54) is 12.1 Å². The molecular weight excluding hydrogens is 472 g/mol. The molecule has 172 valence electrons. The molecule has 1 heterocycles. The highest BCUT2D eigenvalue weighted by Gasteiger charge is 2.28. The number of carbonyl (C=O) groups excluding carboxylic acids is 1. The standard InChI is InChI=1S/C21H19ClN4O6S/c1-12-10-13(2)24-20(23-12)25-21(29)26-33(30,31)18-14(4-3-5-17(18)19(27)28)11-32-16-8-6-15(22)7-9-16/h3-10H,11H2,1-2H3,(H,27,28)(H2,23,24,25,26,29). The lowest BCUT2D eigenvalue weighted by atomic mass is 10.1. The Balaban J connectivity index is 1.88. The average Bonchev–Trinajstić information content (AvgIpc) is 2.71. The zero-order valence-corrected chi connectivity index (χ0v) is 19.1. The number of aromatic nitrogens is 2. The Morgan fingerprint density at radius 3 is 2.30 bits per heavy atom. The second-order valence-electron chi connectivity index (χ2n) is 6.88. The van der Waals surface area contributed by atoms with E-state index in [9.17, 15) is 23.1 Å². The van der Waals surface area contributed by atoms with Crippen LogP contribution in [0.3, 0.4) is 0 Å². The lowest BCUT2D eigenvalue weighted by molar-refractivity contribution is 0.0692. The highest BCUT2D eigenvalue weighted by Crippen LogP contribution is 2.24. The maximum atomic E-state index is 13.0. The van der Waals surface area contributed by atoms with E-state index in [4.69, 9.17) is 16.3 Å². The number of aromatic carboxylic acids is 1. The Morgan fingerprint density at radius 2 is 1.70 bits per heavy atom. The van der Waals surface area contributed by atoms with Crippen molar-refractivity contribution >= 4 is 39.6 Å². The highest BCUT2D eigenvalue weighted by molar-refractivity contribution is 7.90. The van der Waals surface area contributed by atoms with E-state index in [1.54, 1.807) is 44.2 Å². The first-order valence-corrected chi connectivity index (χ1v) is 11.3. The first-order valence-electron chi connectivity index (χ1n) is 9.45. The van der Waals surface area contributed by atoms with Gasteiger partial charge in [-0.25, -0.2) is 32.7 Å². The molecule has 12 heteroatoms. The molecule has 2 aromatic carbocycles. The molecule has 0 atom stereocenters. The van der Waals surface area contributed by atoms with Gasteiger partial charge in [0.2, 0.25) is 5.95 Å². The fourth-order valence-electron chi connectivity index (χ4n) is 2.96. The SMILES string of the molecule is Cc1cc(C)nc(NC(=O)NS(=O)(=O)c2c(COc3ccc(Cl)cc3)cccc2C(=O)O)n1. The molecule has 0 radical (unpaired) electrons. The first kappa shape index (κ1) is 24.0. The molecule has 10 nitrogen and oxygen atoms in total. The Bertz CT molecular complexity index is 1290. The normalized spacial score (nSPS) is 11.0. The molecule has 3 aromatic rings. The number of sulfonamides is 1. The number of anilines is 1. The third-order valence-corrected chi connectivity index (χ3v) is 5.96. The van der Waals surface area contributed by atoms with Crippen molar-refractivity contribution in [3.63, 3.8) is 0 Å². The van der Waals surface area contributed by atoms with Crippen LogP contribution < -0.4 is 14.8 Å². The van der Waals surface area contributed by atoms with Crippen LogP contribution in [0.4, 0.5) is 10.7 Å². The molecule has 3 rings (SSSR count). The molecule has 3 N–H and O–H groups in total. The van der Waals surface area contributed by atoms with Gasteiger partial charge in [-0.3, -0.25) is 5.32 Å². The molecule has 0 bridgehead atoms. The highest BCUT2D eigenvalue weighted by atomic mass is 35.5. The largest absolute Gasteiger partial charge is 0.489 e. The monoisotopic (exact) mass is 490 g/mol. The van der Waals surface area contributed by atoms with E-state index in [1.807, 2.05) is 4.72 Å². The number of nitrogens with one attached hydrogen (secondary N) is 2. The van der Waals surface area contributed by atoms with E-state index >= 15 is 0 Å². The van der Waals surface area contributed by atoms with Gasteiger partial charge in [0.1, 0.15) is 17.3 Å². The van der Waals surface area contributed by atoms with Crippen molar-refractivity contribution in [2.24, 2.45) is 0 Å². The molecule has 1 aromatic heterocycles. The summed E-state index contributed by atoms with van der Waals surface area (Å²) in [5, 5.41) is 12.3. The van der Waals surface area contributed by atoms with Gasteiger partial charge in [-0.2, -0.15) is 0 Å². The number of benzene rings is 2. The summed E-state index contributed by atoms with van der Waals surface area (Å²) in [6.07, 6.45) is 0. The van der Waals surface area contributed by atoms with Gasteiger partial charge in [-0.05, 0) is 50.2 Å². The minimum atomic E-state index is -4.62. The van der Waals surface area contributed by atoms with Gasteiger partial charge in [0.25, 0.3) is 10.0 Å². The van der Waals surface area contributed by atoms with E-state index in [-0.39, 0.29) is 18.1 Å². The summed E-state index contributed by atoms with van der Waals surface area (Å²) in [6, 6.07) is 10.7. The van der Waals surface area contributed by atoms with E-state index in [0.717, 1.165) is 6.07 Å². The molecule has 0 saturated heterocycles. The zero-order valence-electron chi connectivity index (χ0n) is 17.5. The van der Waals surface area contributed by atoms with Crippen molar-refractivity contribution in [1.29, 1.82) is 0 Å². The number of hydrogen-bond acceptors (Lipinski definition) is 7. The van der Waals surface area contributed by atoms with Crippen LogP contribution in [-0.4, -0.2) is 35.5 Å². The lowest BCUT2D eigenvalue weighted by Crippen LogP contribution is -2.36. The Hall–Kier alpha value is -3.70. The average molecular weight is 491 g/mol. The van der Waals surface area contributed by atoms with Crippen LogP contribution in [0.2, 0.25) is 5.02 Å². The van der Waals surface area contributed by atoms with Crippen LogP contribution in [0.25, 0.3) is 0 Å². The zero-order chi connectivity index (χ0) is 24.2. The number of aryl methyl sites for hydroxylation is 2. The molecule has 33 heavy (non-hydrogen) atoms. The summed E-state index contributed by atoms with van der Waals surface area (Å²) in [5.74, 6) is -1.19. The first-order chi connectivity index (χ1) is 15.5. The van der Waals surface area contributed by atoms with Crippen molar-refractivity contribution < 1.29 is 27.9 Å². The summed E-state index contributed by atoms with van der Waals surface area (Å²) >= 11 is 5.84. The molecule has 0 saturated carbocycles. The van der Waals surface area contributed by atoms with Crippen molar-refractivity contribution in [3.8, 4) is 5.75 Å². The summed E-state index contributed by atoms with van der Waals surface area (Å²) in [4.78, 5) is 31.5. The van der Waals surface area contributed by atoms with Crippen molar-refractivity contribution in [2.75, 3.05) is 5.32 Å². The summed E-state index contributed by atoms with van der Waals surface area (Å²) in [7, 11) is -4.62. The molecule has 0 aliphatic rings. The lowest BCUT2D eigenvalue weighted by Gasteiger charge is -2.15. The number of hydrogen-bond donors (Lipinski definition) is 3. The molecule has 2 amide bonds. The van der Waals surface area contributed by atoms with Gasteiger partial charge in [0, 0.05) is 22.0 Å². The van der Waals surface area contributed by atoms with Gasteiger partial charge in [-0.15, -0.1) is 0 Å². The number of carboxylic acid groups (broad SMARTS) is 1. The fourth-order valence-corrected chi connectivity index (χ4v) is 4.40. The van der Waals surface area contributed by atoms with Crippen LogP contribution in [0.15, 0.2) is 53.4 Å². The van der Waals surface area contributed by atoms with Crippen molar-refractivity contribution in [3.05, 3.63) is 76.1 Å². The third-order valence-electron chi connectivity index (χ3n) is 4.24. The minimum absolute atomic E-state index is 0.0350. The maximum Gasteiger partial charge on any atom is 0.337 e. The predicted molar refractivity (Wildman–Crippen MR) is 120 cm³/mol. The molecule has 0 unspecified atom stereocenters. The number of nitrogens with zero attached hydrogens (tertiary/aromatic N) is 2. The Kier molecular flexibility index (Phi) is 7.14. The van der Waals surface area contributed by atoms with Crippen LogP contribution >= 0.6 is 11.6 Å². The Morgan fingerprint density at radius 1 is 1.06 bits per heavy atom. The number of ether oxygens (including phenoxy) is 1. The molecular formula is C21H19ClN4O6S. The maximum absolute atomic E-state index is 13.0. The van der Waals surface area contributed by atoms with Crippen LogP contribution in [0.1, 0.15) is 27.3 Å². The van der Waals surface area contributed by atoms with Crippen LogP contribution in [0, 0.1) is 13.8 Å². The summed E-state index contributed by atoms with van der Waals surface area (Å²) in [6.45, 7) is 3.09. The summed E-state index contributed by atoms with van der Waals surface area (Å²) in [5.41, 5.74) is 0.653. The molecule has 0 spiro atoms. The number of carboxylic acids is 1. The van der Waals surface area contributed by atoms with Gasteiger partial charge in [-0.1, -0.05) is 23.7 Å². The van der Waals surface area contributed by atoms with Gasteiger partial charge in [0.05, 0.1) is 5.56 Å². The molecule has 0 aliphatic heterocycles. The minimum Gasteiger partial charge on any atom is -0.489 e.